The lowest BCUT2D eigenvalue weighted by molar-refractivity contribution is 0.492. The summed E-state index contributed by atoms with van der Waals surface area (Å²) in [6.07, 6.45) is 0. The minimum Gasteiger partial charge on any atom is -0.456 e. The smallest absolute Gasteiger partial charge is 0.144 e. The van der Waals surface area contributed by atoms with E-state index in [1.165, 1.54) is 22.3 Å². The highest BCUT2D eigenvalue weighted by Gasteiger charge is 2.35. The first kappa shape index (κ1) is 25.5. The number of para-hydroxylation sites is 1. The van der Waals surface area contributed by atoms with Gasteiger partial charge in [0.25, 0.3) is 0 Å². The van der Waals surface area contributed by atoms with Gasteiger partial charge < -0.3 is 14.1 Å². The fourth-order valence-electron chi connectivity index (χ4n) is 7.87. The molecule has 1 aliphatic heterocycles. The van der Waals surface area contributed by atoms with E-state index in [4.69, 9.17) is 9.15 Å². The zero-order chi connectivity index (χ0) is 30.6. The molecule has 2 heterocycles. The predicted octanol–water partition coefficient (Wildman–Crippen LogP) is 12.3. The summed E-state index contributed by atoms with van der Waals surface area (Å²) in [6.45, 7) is 4.66. The van der Waals surface area contributed by atoms with E-state index in [1.807, 2.05) is 24.3 Å². The van der Waals surface area contributed by atoms with E-state index >= 15 is 0 Å². The molecule has 0 bridgehead atoms. The van der Waals surface area contributed by atoms with Crippen LogP contribution in [-0.2, 0) is 5.41 Å². The minimum atomic E-state index is -0.0281. The molecule has 0 amide bonds. The van der Waals surface area contributed by atoms with Gasteiger partial charge in [-0.3, -0.25) is 0 Å². The van der Waals surface area contributed by atoms with Gasteiger partial charge in [-0.2, -0.15) is 0 Å². The molecule has 2 aliphatic rings. The number of anilines is 3. The third-order valence-corrected chi connectivity index (χ3v) is 10.0. The van der Waals surface area contributed by atoms with Crippen LogP contribution >= 0.6 is 0 Å². The number of ether oxygens (including phenoxy) is 1. The van der Waals surface area contributed by atoms with Gasteiger partial charge in [0.1, 0.15) is 22.7 Å². The highest BCUT2D eigenvalue weighted by Crippen LogP contribution is 2.52. The quantitative estimate of drug-likeness (QED) is 0.204. The average Bonchev–Trinajstić information content (AvgIpc) is 3.59. The number of rotatable bonds is 4. The lowest BCUT2D eigenvalue weighted by Gasteiger charge is -2.27. The molecule has 0 saturated heterocycles. The van der Waals surface area contributed by atoms with Crippen LogP contribution in [0, 0.1) is 0 Å². The molecule has 0 N–H and O–H groups in total. The number of hydrogen-bond acceptors (Lipinski definition) is 3. The maximum absolute atomic E-state index is 6.57. The molecular formula is C43H29NO2. The van der Waals surface area contributed by atoms with Crippen LogP contribution < -0.4 is 9.64 Å². The first-order valence-corrected chi connectivity index (χ1v) is 15.9. The van der Waals surface area contributed by atoms with Crippen molar-refractivity contribution in [1.29, 1.82) is 0 Å². The Hall–Kier alpha value is -5.80. The Balaban J connectivity index is 1.14. The number of hydrogen-bond donors (Lipinski definition) is 0. The van der Waals surface area contributed by atoms with E-state index in [0.29, 0.717) is 0 Å². The van der Waals surface area contributed by atoms with Gasteiger partial charge >= 0.3 is 0 Å². The highest BCUT2D eigenvalue weighted by molar-refractivity contribution is 6.26. The van der Waals surface area contributed by atoms with E-state index < -0.39 is 0 Å². The van der Waals surface area contributed by atoms with Gasteiger partial charge in [0.15, 0.2) is 0 Å². The van der Waals surface area contributed by atoms with Gasteiger partial charge in [-0.05, 0) is 93.9 Å². The van der Waals surface area contributed by atoms with Crippen molar-refractivity contribution in [2.75, 3.05) is 4.90 Å². The second kappa shape index (κ2) is 9.12. The van der Waals surface area contributed by atoms with E-state index in [0.717, 1.165) is 72.4 Å². The lowest BCUT2D eigenvalue weighted by atomic mass is 9.82. The van der Waals surface area contributed by atoms with Gasteiger partial charge in [-0.1, -0.05) is 92.7 Å². The van der Waals surface area contributed by atoms with Crippen molar-refractivity contribution in [1.82, 2.24) is 0 Å². The topological polar surface area (TPSA) is 25.6 Å². The molecule has 1 aromatic heterocycles. The van der Waals surface area contributed by atoms with Gasteiger partial charge in [0.2, 0.25) is 0 Å². The molecule has 0 atom stereocenters. The van der Waals surface area contributed by atoms with Crippen LogP contribution in [0.25, 0.3) is 55.0 Å². The Morgan fingerprint density at radius 3 is 2.04 bits per heavy atom. The zero-order valence-corrected chi connectivity index (χ0v) is 25.5. The van der Waals surface area contributed by atoms with Crippen molar-refractivity contribution < 1.29 is 9.15 Å². The summed E-state index contributed by atoms with van der Waals surface area (Å²) in [7, 11) is 0. The summed E-state index contributed by atoms with van der Waals surface area (Å²) in [5.41, 5.74) is 12.7. The molecular weight excluding hydrogens is 562 g/mol. The third-order valence-electron chi connectivity index (χ3n) is 10.0. The molecule has 3 nitrogen and oxygen atoms in total. The molecule has 46 heavy (non-hydrogen) atoms. The molecule has 0 spiro atoms. The van der Waals surface area contributed by atoms with Gasteiger partial charge in [-0.25, -0.2) is 0 Å². The first-order valence-electron chi connectivity index (χ1n) is 15.9. The van der Waals surface area contributed by atoms with Crippen molar-refractivity contribution in [3.63, 3.8) is 0 Å². The van der Waals surface area contributed by atoms with Crippen molar-refractivity contribution in [3.8, 4) is 33.8 Å². The van der Waals surface area contributed by atoms with Crippen LogP contribution in [0.4, 0.5) is 17.1 Å². The van der Waals surface area contributed by atoms with Crippen LogP contribution in [0.5, 0.6) is 11.5 Å². The maximum Gasteiger partial charge on any atom is 0.144 e. The molecule has 7 aromatic carbocycles. The Bertz CT molecular complexity index is 2520. The molecule has 8 aromatic rings. The Labute approximate surface area is 266 Å². The second-order valence-electron chi connectivity index (χ2n) is 12.9. The normalized spacial score (nSPS) is 13.8. The van der Waals surface area contributed by atoms with Crippen LogP contribution in [0.2, 0.25) is 0 Å². The van der Waals surface area contributed by atoms with E-state index in [1.54, 1.807) is 0 Å². The molecule has 10 rings (SSSR count). The van der Waals surface area contributed by atoms with E-state index in [2.05, 4.69) is 134 Å². The Kier molecular flexibility index (Phi) is 5.06. The van der Waals surface area contributed by atoms with Crippen LogP contribution in [0.1, 0.15) is 25.0 Å². The molecule has 1 aliphatic carbocycles. The highest BCUT2D eigenvalue weighted by atomic mass is 16.5. The molecule has 0 fully saturated rings. The monoisotopic (exact) mass is 591 g/mol. The largest absolute Gasteiger partial charge is 0.456 e. The van der Waals surface area contributed by atoms with E-state index in [9.17, 15) is 0 Å². The van der Waals surface area contributed by atoms with Gasteiger partial charge in [0, 0.05) is 38.8 Å². The molecule has 218 valence electrons. The van der Waals surface area contributed by atoms with Crippen molar-refractivity contribution in [2.24, 2.45) is 0 Å². The van der Waals surface area contributed by atoms with Gasteiger partial charge in [-0.15, -0.1) is 0 Å². The van der Waals surface area contributed by atoms with Crippen molar-refractivity contribution in [2.45, 2.75) is 19.3 Å². The van der Waals surface area contributed by atoms with Crippen molar-refractivity contribution >= 4 is 49.8 Å². The number of benzene rings is 7. The van der Waals surface area contributed by atoms with Gasteiger partial charge in [0.05, 0.1) is 5.39 Å². The minimum absolute atomic E-state index is 0.0281. The number of furan rings is 1. The Morgan fingerprint density at radius 1 is 0.500 bits per heavy atom. The summed E-state index contributed by atoms with van der Waals surface area (Å²) in [6, 6.07) is 49.9. The zero-order valence-electron chi connectivity index (χ0n) is 25.5. The average molecular weight is 592 g/mol. The summed E-state index contributed by atoms with van der Waals surface area (Å²) in [5, 5.41) is 4.45. The first-order chi connectivity index (χ1) is 22.6. The van der Waals surface area contributed by atoms with Crippen molar-refractivity contribution in [3.05, 3.63) is 151 Å². The summed E-state index contributed by atoms with van der Waals surface area (Å²) < 4.78 is 12.9. The summed E-state index contributed by atoms with van der Waals surface area (Å²) in [4.78, 5) is 2.35. The number of nitrogens with zero attached hydrogens (tertiary/aromatic N) is 1. The molecule has 0 radical (unpaired) electrons. The fraction of sp³-hybridized carbons (Fsp3) is 0.0698. The predicted molar refractivity (Wildman–Crippen MR) is 189 cm³/mol. The Morgan fingerprint density at radius 2 is 1.20 bits per heavy atom. The molecule has 0 unspecified atom stereocenters. The molecule has 3 heteroatoms. The standard InChI is InChI=1S/C43H29NO2/c1-43(2)34-14-7-6-13-31(34)33-25-30(22-23-35(33)43)44(28-11-4-3-5-12-28)29-20-18-26(19-21-29)32-24-27-10-8-15-36-39(27)41-40-37(45-36)16-9-17-38(40)46-42(32)41/h3-25H,1-2H3. The molecule has 0 saturated carbocycles. The van der Waals surface area contributed by atoms with Crippen LogP contribution in [-0.4, -0.2) is 0 Å². The summed E-state index contributed by atoms with van der Waals surface area (Å²) in [5.74, 6) is 1.73. The fourth-order valence-corrected chi connectivity index (χ4v) is 7.87. The SMILES string of the molecule is CC1(C)c2ccccc2-c2cc(N(c3ccccc3)c3ccc(-c4cc5cccc6c5c5c4oc4cccc(c45)O6)cc3)ccc21. The lowest BCUT2D eigenvalue weighted by Crippen LogP contribution is -2.15. The second-order valence-corrected chi connectivity index (χ2v) is 12.9. The third kappa shape index (κ3) is 3.43. The van der Waals surface area contributed by atoms with Crippen LogP contribution in [0.15, 0.2) is 144 Å². The van der Waals surface area contributed by atoms with E-state index in [-0.39, 0.29) is 5.41 Å². The van der Waals surface area contributed by atoms with Crippen LogP contribution in [0.3, 0.4) is 0 Å². The summed E-state index contributed by atoms with van der Waals surface area (Å²) >= 11 is 0. The maximum atomic E-state index is 6.57. The number of fused-ring (bicyclic) bond motifs is 3.